The molecule has 0 saturated heterocycles. The van der Waals surface area contributed by atoms with Crippen LogP contribution in [0.3, 0.4) is 0 Å². The van der Waals surface area contributed by atoms with Crippen molar-refractivity contribution in [2.24, 2.45) is 0 Å². The summed E-state index contributed by atoms with van der Waals surface area (Å²) < 4.78 is 0. The van der Waals surface area contributed by atoms with Crippen molar-refractivity contribution < 1.29 is 9.59 Å². The topological polar surface area (TPSA) is 74.3 Å². The zero-order chi connectivity index (χ0) is 22.7. The quantitative estimate of drug-likeness (QED) is 0.704. The smallest absolute Gasteiger partial charge is 0.255 e. The second-order valence-electron chi connectivity index (χ2n) is 8.20. The fraction of sp³-hybridized carbons (Fsp3) is 0.346. The van der Waals surface area contributed by atoms with Crippen molar-refractivity contribution in [3.05, 3.63) is 76.8 Å². The average Bonchev–Trinajstić information content (AvgIpc) is 2.80. The van der Waals surface area contributed by atoms with Crippen molar-refractivity contribution in [3.8, 4) is 0 Å². The molecule has 0 fully saturated rings. The van der Waals surface area contributed by atoms with Gasteiger partial charge in [-0.05, 0) is 63.4 Å². The lowest BCUT2D eigenvalue weighted by Gasteiger charge is -2.34. The molecule has 0 saturated carbocycles. The van der Waals surface area contributed by atoms with Gasteiger partial charge in [0.2, 0.25) is 0 Å². The number of dihydropyridines is 1. The molecule has 2 heterocycles. The van der Waals surface area contributed by atoms with Crippen molar-refractivity contribution in [3.63, 3.8) is 0 Å². The molecule has 166 valence electrons. The highest BCUT2D eigenvalue weighted by molar-refractivity contribution is 6.09. The van der Waals surface area contributed by atoms with Gasteiger partial charge in [0.25, 0.3) is 5.91 Å². The van der Waals surface area contributed by atoms with Crippen molar-refractivity contribution >= 4 is 23.2 Å². The molecule has 32 heavy (non-hydrogen) atoms. The molecule has 1 aliphatic carbocycles. The van der Waals surface area contributed by atoms with Crippen LogP contribution in [0.1, 0.15) is 51.5 Å². The van der Waals surface area contributed by atoms with E-state index in [4.69, 9.17) is 0 Å². The Balaban J connectivity index is 1.76. The highest BCUT2D eigenvalue weighted by Crippen LogP contribution is 2.42. The molecule has 1 amide bonds. The summed E-state index contributed by atoms with van der Waals surface area (Å²) in [5, 5.41) is 6.27. The van der Waals surface area contributed by atoms with E-state index in [-0.39, 0.29) is 11.7 Å². The third-order valence-electron chi connectivity index (χ3n) is 6.28. The normalized spacial score (nSPS) is 18.2. The van der Waals surface area contributed by atoms with E-state index in [1.165, 1.54) is 0 Å². The summed E-state index contributed by atoms with van der Waals surface area (Å²) in [4.78, 5) is 33.0. The minimum atomic E-state index is -0.395. The molecule has 0 radical (unpaired) electrons. The molecule has 0 spiro atoms. The number of nitrogens with one attached hydrogen (secondary N) is 2. The lowest BCUT2D eigenvalue weighted by molar-refractivity contribution is -0.116. The Kier molecular flexibility index (Phi) is 6.40. The monoisotopic (exact) mass is 430 g/mol. The van der Waals surface area contributed by atoms with E-state index in [0.29, 0.717) is 17.8 Å². The van der Waals surface area contributed by atoms with E-state index in [0.717, 1.165) is 54.1 Å². The Morgan fingerprint density at radius 2 is 1.88 bits per heavy atom. The van der Waals surface area contributed by atoms with E-state index in [1.807, 2.05) is 13.0 Å². The number of carbonyl (C=O) groups is 2. The number of aromatic nitrogens is 1. The maximum atomic E-state index is 13.4. The number of ketones is 1. The molecular weight excluding hydrogens is 400 g/mol. The number of benzene rings is 1. The first-order valence-corrected chi connectivity index (χ1v) is 11.3. The first-order valence-electron chi connectivity index (χ1n) is 11.3. The van der Waals surface area contributed by atoms with E-state index in [1.54, 1.807) is 18.3 Å². The van der Waals surface area contributed by atoms with Gasteiger partial charge >= 0.3 is 0 Å². The molecule has 1 aromatic carbocycles. The molecule has 0 bridgehead atoms. The molecule has 1 atom stereocenters. The number of allylic oxidation sites excluding steroid dienone is 3. The number of pyridine rings is 1. The number of hydrogen-bond donors (Lipinski definition) is 2. The Morgan fingerprint density at radius 1 is 1.12 bits per heavy atom. The van der Waals surface area contributed by atoms with Crippen LogP contribution in [0.4, 0.5) is 11.5 Å². The minimum absolute atomic E-state index is 0.118. The minimum Gasteiger partial charge on any atom is -0.372 e. The van der Waals surface area contributed by atoms with Crippen LogP contribution in [0.5, 0.6) is 0 Å². The molecule has 1 aromatic heterocycles. The van der Waals surface area contributed by atoms with Gasteiger partial charge < -0.3 is 15.5 Å². The largest absolute Gasteiger partial charge is 0.372 e. The van der Waals surface area contributed by atoms with Crippen LogP contribution >= 0.6 is 0 Å². The summed E-state index contributed by atoms with van der Waals surface area (Å²) >= 11 is 0. The molecule has 2 N–H and O–H groups in total. The van der Waals surface area contributed by atoms with Gasteiger partial charge in [0, 0.05) is 59.9 Å². The Hall–Kier alpha value is -3.41. The summed E-state index contributed by atoms with van der Waals surface area (Å²) in [5.41, 5.74) is 5.12. The van der Waals surface area contributed by atoms with Gasteiger partial charge in [-0.1, -0.05) is 18.2 Å². The van der Waals surface area contributed by atoms with E-state index in [9.17, 15) is 9.59 Å². The van der Waals surface area contributed by atoms with Crippen molar-refractivity contribution in [1.29, 1.82) is 0 Å². The number of nitrogens with zero attached hydrogens (tertiary/aromatic N) is 2. The fourth-order valence-electron chi connectivity index (χ4n) is 4.70. The molecular formula is C26H30N4O2. The molecule has 0 unspecified atom stereocenters. The third kappa shape index (κ3) is 4.17. The van der Waals surface area contributed by atoms with Crippen molar-refractivity contribution in [2.45, 2.75) is 46.0 Å². The number of Topliss-reactive ketones (excluding diaryl/α,β-unsaturated/α-hetero) is 1. The average molecular weight is 431 g/mol. The van der Waals surface area contributed by atoms with Crippen LogP contribution < -0.4 is 15.5 Å². The van der Waals surface area contributed by atoms with Gasteiger partial charge in [0.1, 0.15) is 5.82 Å². The van der Waals surface area contributed by atoms with Gasteiger partial charge in [-0.25, -0.2) is 4.98 Å². The van der Waals surface area contributed by atoms with Crippen LogP contribution in [0.2, 0.25) is 0 Å². The molecule has 2 aliphatic rings. The van der Waals surface area contributed by atoms with Crippen molar-refractivity contribution in [1.82, 2.24) is 10.3 Å². The summed E-state index contributed by atoms with van der Waals surface area (Å²) in [6.07, 6.45) is 3.82. The number of hydrogen-bond acceptors (Lipinski definition) is 5. The predicted molar refractivity (Wildman–Crippen MR) is 127 cm³/mol. The molecule has 6 heteroatoms. The third-order valence-corrected chi connectivity index (χ3v) is 6.28. The Labute approximate surface area is 189 Å². The molecule has 4 rings (SSSR count). The molecule has 6 nitrogen and oxygen atoms in total. The maximum absolute atomic E-state index is 13.4. The summed E-state index contributed by atoms with van der Waals surface area (Å²) in [5.74, 6) is -0.0275. The fourth-order valence-corrected chi connectivity index (χ4v) is 4.70. The summed E-state index contributed by atoms with van der Waals surface area (Å²) in [6.45, 7) is 8.03. The maximum Gasteiger partial charge on any atom is 0.255 e. The van der Waals surface area contributed by atoms with Crippen LogP contribution in [0.15, 0.2) is 71.2 Å². The molecule has 1 aliphatic heterocycles. The van der Waals surface area contributed by atoms with Gasteiger partial charge in [-0.3, -0.25) is 9.59 Å². The SMILES string of the molecule is CCN(CC)c1ccc([C@H]2C(C(=O)Nc3ccccn3)=C(C)NC3=C2C(=O)CCC3)cc1. The highest BCUT2D eigenvalue weighted by atomic mass is 16.2. The zero-order valence-electron chi connectivity index (χ0n) is 18.9. The van der Waals surface area contributed by atoms with Gasteiger partial charge in [-0.15, -0.1) is 0 Å². The number of amides is 1. The van der Waals surface area contributed by atoms with E-state index < -0.39 is 5.92 Å². The standard InChI is InChI=1S/C26H30N4O2/c1-4-30(5-2)19-14-12-18(13-15-19)24-23(26(32)29-22-11-6-7-16-27-22)17(3)28-20-9-8-10-21(31)25(20)24/h6-7,11-16,24,28H,4-5,8-10H2,1-3H3,(H,27,29,32)/t24-/m0/s1. The van der Waals surface area contributed by atoms with Crippen LogP contribution in [-0.2, 0) is 9.59 Å². The van der Waals surface area contributed by atoms with Gasteiger partial charge in [0.15, 0.2) is 5.78 Å². The van der Waals surface area contributed by atoms with Crippen LogP contribution in [0, 0.1) is 0 Å². The predicted octanol–water partition coefficient (Wildman–Crippen LogP) is 4.53. The second kappa shape index (κ2) is 9.39. The molecule has 2 aromatic rings. The van der Waals surface area contributed by atoms with Crippen LogP contribution in [-0.4, -0.2) is 29.8 Å². The Bertz CT molecular complexity index is 1070. The summed E-state index contributed by atoms with van der Waals surface area (Å²) in [6, 6.07) is 13.7. The highest BCUT2D eigenvalue weighted by Gasteiger charge is 2.38. The number of anilines is 2. The van der Waals surface area contributed by atoms with E-state index >= 15 is 0 Å². The van der Waals surface area contributed by atoms with E-state index in [2.05, 4.69) is 58.6 Å². The first kappa shape index (κ1) is 21.8. The lowest BCUT2D eigenvalue weighted by Crippen LogP contribution is -2.35. The van der Waals surface area contributed by atoms with Gasteiger partial charge in [-0.2, -0.15) is 0 Å². The Morgan fingerprint density at radius 3 is 2.53 bits per heavy atom. The van der Waals surface area contributed by atoms with Crippen molar-refractivity contribution in [2.75, 3.05) is 23.3 Å². The number of rotatable bonds is 6. The number of carbonyl (C=O) groups excluding carboxylic acids is 2. The summed E-state index contributed by atoms with van der Waals surface area (Å²) in [7, 11) is 0. The lowest BCUT2D eigenvalue weighted by atomic mass is 9.75. The zero-order valence-corrected chi connectivity index (χ0v) is 18.9. The second-order valence-corrected chi connectivity index (χ2v) is 8.20. The van der Waals surface area contributed by atoms with Gasteiger partial charge in [0.05, 0.1) is 0 Å². The van der Waals surface area contributed by atoms with Crippen LogP contribution in [0.25, 0.3) is 0 Å². The first-order chi connectivity index (χ1) is 15.5.